The lowest BCUT2D eigenvalue weighted by Gasteiger charge is -2.34. The van der Waals surface area contributed by atoms with E-state index in [9.17, 15) is 9.59 Å². The zero-order valence-electron chi connectivity index (χ0n) is 18.0. The lowest BCUT2D eigenvalue weighted by Crippen LogP contribution is -2.45. The van der Waals surface area contributed by atoms with Crippen LogP contribution in [0.15, 0.2) is 18.2 Å². The molecule has 1 amide bonds. The number of nitrogens with one attached hydrogen (secondary N) is 2. The number of esters is 1. The molecule has 6 heteroatoms. The first-order valence-electron chi connectivity index (χ1n) is 10.3. The molecule has 2 N–H and O–H groups in total. The summed E-state index contributed by atoms with van der Waals surface area (Å²) in [5.41, 5.74) is 5.94. The Labute approximate surface area is 172 Å². The number of aromatic amines is 1. The molecule has 1 fully saturated rings. The predicted octanol–water partition coefficient (Wildman–Crippen LogP) is 4.14. The van der Waals surface area contributed by atoms with Gasteiger partial charge in [0.05, 0.1) is 12.2 Å². The van der Waals surface area contributed by atoms with Gasteiger partial charge in [-0.1, -0.05) is 6.07 Å². The van der Waals surface area contributed by atoms with Crippen molar-refractivity contribution in [3.63, 3.8) is 0 Å². The zero-order valence-corrected chi connectivity index (χ0v) is 18.0. The van der Waals surface area contributed by atoms with Gasteiger partial charge in [-0.05, 0) is 76.3 Å². The molecule has 0 aliphatic carbocycles. The highest BCUT2D eigenvalue weighted by atomic mass is 16.5. The molecule has 2 heterocycles. The van der Waals surface area contributed by atoms with E-state index >= 15 is 0 Å². The monoisotopic (exact) mass is 397 g/mol. The number of benzene rings is 1. The van der Waals surface area contributed by atoms with E-state index in [1.165, 1.54) is 11.1 Å². The summed E-state index contributed by atoms with van der Waals surface area (Å²) in [7, 11) is 0. The van der Waals surface area contributed by atoms with Crippen molar-refractivity contribution in [2.75, 3.05) is 25.0 Å². The molecule has 29 heavy (non-hydrogen) atoms. The molecule has 2 aromatic rings. The number of hydrogen-bond donors (Lipinski definition) is 2. The third-order valence-electron chi connectivity index (χ3n) is 5.72. The van der Waals surface area contributed by atoms with Gasteiger partial charge >= 0.3 is 5.97 Å². The van der Waals surface area contributed by atoms with Gasteiger partial charge in [-0.15, -0.1) is 0 Å². The Bertz CT molecular complexity index is 916. The van der Waals surface area contributed by atoms with Crippen LogP contribution in [0.5, 0.6) is 0 Å². The van der Waals surface area contributed by atoms with Gasteiger partial charge < -0.3 is 19.9 Å². The molecule has 6 nitrogen and oxygen atoms in total. The van der Waals surface area contributed by atoms with E-state index in [4.69, 9.17) is 4.74 Å². The molecule has 1 aliphatic rings. The van der Waals surface area contributed by atoms with Crippen molar-refractivity contribution < 1.29 is 14.3 Å². The third-order valence-corrected chi connectivity index (χ3v) is 5.72. The molecule has 1 aromatic heterocycles. The number of aromatic nitrogens is 1. The van der Waals surface area contributed by atoms with E-state index in [0.717, 1.165) is 25.1 Å². The second-order valence-electron chi connectivity index (χ2n) is 7.88. The van der Waals surface area contributed by atoms with Gasteiger partial charge in [0.2, 0.25) is 0 Å². The Kier molecular flexibility index (Phi) is 6.30. The number of piperidine rings is 1. The quantitative estimate of drug-likeness (QED) is 0.744. The first-order valence-corrected chi connectivity index (χ1v) is 10.3. The number of rotatable bonds is 5. The van der Waals surface area contributed by atoms with Crippen molar-refractivity contribution >= 4 is 17.6 Å². The third kappa shape index (κ3) is 4.47. The lowest BCUT2D eigenvalue weighted by molar-refractivity contribution is 0.0519. The molecule has 156 valence electrons. The normalized spacial score (nSPS) is 16.6. The molecule has 0 bridgehead atoms. The number of ether oxygens (including phenoxy) is 1. The van der Waals surface area contributed by atoms with E-state index in [0.29, 0.717) is 35.7 Å². The number of carbonyl (C=O) groups is 2. The molecule has 3 rings (SSSR count). The van der Waals surface area contributed by atoms with E-state index in [2.05, 4.69) is 42.3 Å². The molecule has 1 aliphatic heterocycles. The van der Waals surface area contributed by atoms with Crippen molar-refractivity contribution in [3.8, 4) is 0 Å². The van der Waals surface area contributed by atoms with Crippen LogP contribution in [0.3, 0.4) is 0 Å². The summed E-state index contributed by atoms with van der Waals surface area (Å²) >= 11 is 0. The fourth-order valence-corrected chi connectivity index (χ4v) is 3.98. The molecule has 0 spiro atoms. The van der Waals surface area contributed by atoms with E-state index < -0.39 is 5.97 Å². The highest BCUT2D eigenvalue weighted by Gasteiger charge is 2.29. The maximum atomic E-state index is 13.3. The van der Waals surface area contributed by atoms with Crippen LogP contribution in [-0.2, 0) is 4.74 Å². The van der Waals surface area contributed by atoms with Crippen molar-refractivity contribution in [2.24, 2.45) is 0 Å². The number of amides is 1. The largest absolute Gasteiger partial charge is 0.461 e. The van der Waals surface area contributed by atoms with Gasteiger partial charge in [0, 0.05) is 30.5 Å². The van der Waals surface area contributed by atoms with Gasteiger partial charge in [-0.2, -0.15) is 0 Å². The fraction of sp³-hybridized carbons (Fsp3) is 0.478. The summed E-state index contributed by atoms with van der Waals surface area (Å²) in [6.45, 7) is 11.3. The average molecular weight is 398 g/mol. The Balaban J connectivity index is 1.74. The Morgan fingerprint density at radius 1 is 1.21 bits per heavy atom. The summed E-state index contributed by atoms with van der Waals surface area (Å²) in [5, 5.41) is 3.58. The summed E-state index contributed by atoms with van der Waals surface area (Å²) in [6, 6.07) is 6.57. The standard InChI is InChI=1S/C23H31N3O3/c1-6-29-23(28)21-16(4)20(17(5)24-21)22(27)26-11-7-8-19(13-26)25-18-10-9-14(2)15(3)12-18/h9-10,12,19,24-25H,6-8,11,13H2,1-5H3/t19-/m1/s1. The Morgan fingerprint density at radius 2 is 1.97 bits per heavy atom. The number of carbonyl (C=O) groups excluding carboxylic acids is 2. The van der Waals surface area contributed by atoms with Gasteiger partial charge in [0.25, 0.3) is 5.91 Å². The van der Waals surface area contributed by atoms with Crippen molar-refractivity contribution in [1.29, 1.82) is 0 Å². The summed E-state index contributed by atoms with van der Waals surface area (Å²) < 4.78 is 5.10. The number of hydrogen-bond acceptors (Lipinski definition) is 4. The predicted molar refractivity (Wildman–Crippen MR) is 115 cm³/mol. The minimum atomic E-state index is -0.417. The van der Waals surface area contributed by atoms with Crippen LogP contribution in [0.1, 0.15) is 63.0 Å². The number of likely N-dealkylation sites (tertiary alicyclic amines) is 1. The molecule has 0 unspecified atom stereocenters. The zero-order chi connectivity index (χ0) is 21.1. The number of anilines is 1. The first kappa shape index (κ1) is 21.0. The molecular weight excluding hydrogens is 366 g/mol. The van der Waals surface area contributed by atoms with Gasteiger partial charge in [-0.25, -0.2) is 4.79 Å². The minimum Gasteiger partial charge on any atom is -0.461 e. The van der Waals surface area contributed by atoms with Gasteiger partial charge in [-0.3, -0.25) is 4.79 Å². The maximum Gasteiger partial charge on any atom is 0.355 e. The van der Waals surface area contributed by atoms with Crippen LogP contribution in [0, 0.1) is 27.7 Å². The van der Waals surface area contributed by atoms with Crippen LogP contribution in [-0.4, -0.2) is 47.5 Å². The van der Waals surface area contributed by atoms with Crippen LogP contribution in [0.2, 0.25) is 0 Å². The Hall–Kier alpha value is -2.76. The highest BCUT2D eigenvalue weighted by molar-refractivity contribution is 6.01. The van der Waals surface area contributed by atoms with Crippen LogP contribution in [0.4, 0.5) is 5.69 Å². The van der Waals surface area contributed by atoms with Crippen molar-refractivity contribution in [2.45, 2.75) is 53.5 Å². The fourth-order valence-electron chi connectivity index (χ4n) is 3.98. The molecule has 1 atom stereocenters. The average Bonchev–Trinajstić information content (AvgIpc) is 2.99. The second-order valence-corrected chi connectivity index (χ2v) is 7.88. The van der Waals surface area contributed by atoms with Crippen molar-refractivity contribution in [3.05, 3.63) is 51.8 Å². The molecule has 0 radical (unpaired) electrons. The smallest absolute Gasteiger partial charge is 0.355 e. The van der Waals surface area contributed by atoms with Gasteiger partial charge in [0.1, 0.15) is 5.69 Å². The highest BCUT2D eigenvalue weighted by Crippen LogP contribution is 2.24. The number of aryl methyl sites for hydroxylation is 3. The van der Waals surface area contributed by atoms with Crippen LogP contribution in [0.25, 0.3) is 0 Å². The summed E-state index contributed by atoms with van der Waals surface area (Å²) in [5.74, 6) is -0.446. The summed E-state index contributed by atoms with van der Waals surface area (Å²) in [4.78, 5) is 30.3. The second kappa shape index (κ2) is 8.72. The lowest BCUT2D eigenvalue weighted by atomic mass is 10.0. The number of H-pyrrole nitrogens is 1. The van der Waals surface area contributed by atoms with Crippen molar-refractivity contribution in [1.82, 2.24) is 9.88 Å². The Morgan fingerprint density at radius 3 is 2.66 bits per heavy atom. The summed E-state index contributed by atoms with van der Waals surface area (Å²) in [6.07, 6.45) is 1.97. The van der Waals surface area contributed by atoms with E-state index in [1.807, 2.05) is 11.8 Å². The molecule has 0 saturated carbocycles. The van der Waals surface area contributed by atoms with E-state index in [-0.39, 0.29) is 11.9 Å². The van der Waals surface area contributed by atoms with Crippen LogP contribution >= 0.6 is 0 Å². The molecule has 1 saturated heterocycles. The SMILES string of the molecule is CCOC(=O)c1[nH]c(C)c(C(=O)N2CCC[C@@H](Nc3ccc(C)c(C)c3)C2)c1C. The van der Waals surface area contributed by atoms with Gasteiger partial charge in [0.15, 0.2) is 0 Å². The number of nitrogens with zero attached hydrogens (tertiary/aromatic N) is 1. The minimum absolute atomic E-state index is 0.0293. The first-order chi connectivity index (χ1) is 13.8. The van der Waals surface area contributed by atoms with E-state index in [1.54, 1.807) is 13.8 Å². The topological polar surface area (TPSA) is 74.4 Å². The maximum absolute atomic E-state index is 13.3. The van der Waals surface area contributed by atoms with Crippen LogP contribution < -0.4 is 5.32 Å². The molecular formula is C23H31N3O3. The molecule has 1 aromatic carbocycles.